The van der Waals surface area contributed by atoms with Crippen LogP contribution in [0.25, 0.3) is 0 Å². The minimum absolute atomic E-state index is 0.269. The van der Waals surface area contributed by atoms with E-state index in [0.717, 1.165) is 0 Å². The Morgan fingerprint density at radius 1 is 1.40 bits per heavy atom. The maximum atomic E-state index is 12.7. The van der Waals surface area contributed by atoms with Crippen LogP contribution in [0.1, 0.15) is 0 Å². The molecule has 0 bridgehead atoms. The number of hydrogen-bond acceptors (Lipinski definition) is 4. The summed E-state index contributed by atoms with van der Waals surface area (Å²) in [7, 11) is -5.29. The van der Waals surface area contributed by atoms with Gasteiger partial charge in [-0.3, -0.25) is 10.1 Å². The van der Waals surface area contributed by atoms with Crippen LogP contribution in [0.4, 0.5) is 14.0 Å². The molecule has 1 rings (SSSR count). The fraction of sp³-hybridized carbons (Fsp3) is 0. The van der Waals surface area contributed by atoms with Crippen molar-refractivity contribution in [3.8, 4) is 0 Å². The Kier molecular flexibility index (Phi) is 2.91. The number of nitro groups is 1. The van der Waals surface area contributed by atoms with Crippen molar-refractivity contribution in [1.29, 1.82) is 0 Å². The van der Waals surface area contributed by atoms with E-state index in [2.05, 4.69) is 0 Å². The van der Waals surface area contributed by atoms with Crippen molar-refractivity contribution < 1.29 is 21.6 Å². The van der Waals surface area contributed by atoms with Gasteiger partial charge in [0.2, 0.25) is 0 Å². The number of nitro benzene ring substituents is 1. The number of benzene rings is 1. The van der Waals surface area contributed by atoms with Crippen molar-refractivity contribution >= 4 is 27.5 Å². The van der Waals surface area contributed by atoms with Crippen molar-refractivity contribution in [3.05, 3.63) is 33.1 Å². The Balaban J connectivity index is 3.63. The number of rotatable bonds is 2. The van der Waals surface area contributed by atoms with Gasteiger partial charge < -0.3 is 0 Å². The molecule has 0 aromatic heterocycles. The third kappa shape index (κ3) is 2.39. The summed E-state index contributed by atoms with van der Waals surface area (Å²) in [6.07, 6.45) is 0. The van der Waals surface area contributed by atoms with Crippen LogP contribution in [-0.4, -0.2) is 13.3 Å². The van der Waals surface area contributed by atoms with E-state index in [1.54, 1.807) is 0 Å². The minimum Gasteiger partial charge on any atom is -0.258 e. The Bertz CT molecular complexity index is 530. The number of halogens is 3. The highest BCUT2D eigenvalue weighted by molar-refractivity contribution is 7.86. The van der Waals surface area contributed by atoms with Crippen LogP contribution in [0.2, 0.25) is 5.02 Å². The van der Waals surface area contributed by atoms with E-state index in [0.29, 0.717) is 6.07 Å². The SMILES string of the molecule is O=[N+]([O-])c1cc(F)cc(S(=O)(=O)F)c1Cl. The predicted octanol–water partition coefficient (Wildman–Crippen LogP) is 2.05. The second-order valence-electron chi connectivity index (χ2n) is 2.43. The summed E-state index contributed by atoms with van der Waals surface area (Å²) >= 11 is 5.23. The largest absolute Gasteiger partial charge is 0.333 e. The summed E-state index contributed by atoms with van der Waals surface area (Å²) in [5, 5.41) is 9.34. The van der Waals surface area contributed by atoms with E-state index in [1.807, 2.05) is 0 Å². The molecule has 0 aliphatic heterocycles. The van der Waals surface area contributed by atoms with E-state index in [-0.39, 0.29) is 6.07 Å². The molecule has 0 amide bonds. The normalized spacial score (nSPS) is 11.4. The molecule has 0 heterocycles. The lowest BCUT2D eigenvalue weighted by Gasteiger charge is -2.00. The lowest BCUT2D eigenvalue weighted by Crippen LogP contribution is -1.99. The smallest absolute Gasteiger partial charge is 0.258 e. The maximum absolute atomic E-state index is 12.7. The molecule has 0 saturated heterocycles. The van der Waals surface area contributed by atoms with Gasteiger partial charge in [0, 0.05) is 0 Å². The quantitative estimate of drug-likeness (QED) is 0.461. The molecule has 0 spiro atoms. The molecule has 9 heteroatoms. The topological polar surface area (TPSA) is 77.3 Å². The summed E-state index contributed by atoms with van der Waals surface area (Å²) in [4.78, 5) is 7.93. The van der Waals surface area contributed by atoms with Crippen molar-refractivity contribution in [2.45, 2.75) is 4.90 Å². The molecule has 0 unspecified atom stereocenters. The average Bonchev–Trinajstić information content (AvgIpc) is 2.06. The molecule has 0 radical (unpaired) electrons. The maximum Gasteiger partial charge on any atom is 0.333 e. The van der Waals surface area contributed by atoms with E-state index in [4.69, 9.17) is 11.6 Å². The van der Waals surface area contributed by atoms with E-state index in [1.165, 1.54) is 0 Å². The van der Waals surface area contributed by atoms with Gasteiger partial charge in [-0.05, 0) is 6.07 Å². The Labute approximate surface area is 87.6 Å². The van der Waals surface area contributed by atoms with Crippen LogP contribution in [0.3, 0.4) is 0 Å². The van der Waals surface area contributed by atoms with Crippen molar-refractivity contribution in [2.24, 2.45) is 0 Å². The predicted molar refractivity (Wildman–Crippen MR) is 46.4 cm³/mol. The van der Waals surface area contributed by atoms with Crippen LogP contribution < -0.4 is 0 Å². The fourth-order valence-corrected chi connectivity index (χ4v) is 1.89. The standard InChI is InChI=1S/C6H2ClF2NO4S/c7-6-4(10(11)12)1-3(8)2-5(6)15(9,13)14/h1-2H. The molecule has 0 atom stereocenters. The Morgan fingerprint density at radius 3 is 2.33 bits per heavy atom. The highest BCUT2D eigenvalue weighted by atomic mass is 35.5. The fourth-order valence-electron chi connectivity index (χ4n) is 0.861. The summed E-state index contributed by atoms with van der Waals surface area (Å²) < 4.78 is 46.1. The zero-order valence-electron chi connectivity index (χ0n) is 6.78. The zero-order chi connectivity index (χ0) is 11.8. The van der Waals surface area contributed by atoms with Gasteiger partial charge in [-0.1, -0.05) is 11.6 Å². The van der Waals surface area contributed by atoms with Gasteiger partial charge in [0.25, 0.3) is 5.69 Å². The molecule has 0 N–H and O–H groups in total. The summed E-state index contributed by atoms with van der Waals surface area (Å²) in [5.41, 5.74) is -1.01. The zero-order valence-corrected chi connectivity index (χ0v) is 8.35. The van der Waals surface area contributed by atoms with Gasteiger partial charge in [0.15, 0.2) is 0 Å². The van der Waals surface area contributed by atoms with E-state index >= 15 is 0 Å². The second-order valence-corrected chi connectivity index (χ2v) is 4.13. The van der Waals surface area contributed by atoms with E-state index < -0.39 is 36.6 Å². The van der Waals surface area contributed by atoms with Gasteiger partial charge in [0.05, 0.1) is 11.0 Å². The van der Waals surface area contributed by atoms with Gasteiger partial charge in [0.1, 0.15) is 15.7 Å². The van der Waals surface area contributed by atoms with Crippen LogP contribution in [0.15, 0.2) is 17.0 Å². The highest BCUT2D eigenvalue weighted by Crippen LogP contribution is 2.32. The van der Waals surface area contributed by atoms with Crippen LogP contribution in [0.5, 0.6) is 0 Å². The first kappa shape index (κ1) is 11.8. The Morgan fingerprint density at radius 2 is 1.93 bits per heavy atom. The first-order valence-corrected chi connectivity index (χ1v) is 5.07. The first-order valence-electron chi connectivity index (χ1n) is 3.31. The van der Waals surface area contributed by atoms with Crippen molar-refractivity contribution in [3.63, 3.8) is 0 Å². The molecule has 1 aromatic carbocycles. The third-order valence-electron chi connectivity index (χ3n) is 1.44. The van der Waals surface area contributed by atoms with Gasteiger partial charge in [-0.2, -0.15) is 8.42 Å². The molecular formula is C6H2ClF2NO4S. The van der Waals surface area contributed by atoms with Crippen LogP contribution in [0, 0.1) is 15.9 Å². The van der Waals surface area contributed by atoms with Crippen molar-refractivity contribution in [2.75, 3.05) is 0 Å². The second kappa shape index (κ2) is 3.70. The minimum atomic E-state index is -5.29. The molecule has 0 aliphatic carbocycles. The molecule has 15 heavy (non-hydrogen) atoms. The molecule has 1 aromatic rings. The molecule has 5 nitrogen and oxygen atoms in total. The molecule has 0 saturated carbocycles. The molecular weight excluding hydrogens is 256 g/mol. The molecule has 82 valence electrons. The lowest BCUT2D eigenvalue weighted by molar-refractivity contribution is -0.385. The van der Waals surface area contributed by atoms with Gasteiger partial charge in [-0.15, -0.1) is 3.89 Å². The van der Waals surface area contributed by atoms with Gasteiger partial charge >= 0.3 is 10.2 Å². The summed E-state index contributed by atoms with van der Waals surface area (Å²) in [6.45, 7) is 0. The number of nitrogens with zero attached hydrogens (tertiary/aromatic N) is 1. The van der Waals surface area contributed by atoms with Crippen molar-refractivity contribution in [1.82, 2.24) is 0 Å². The van der Waals surface area contributed by atoms with Gasteiger partial charge in [-0.25, -0.2) is 4.39 Å². The highest BCUT2D eigenvalue weighted by Gasteiger charge is 2.26. The summed E-state index contributed by atoms with van der Waals surface area (Å²) in [6, 6.07) is 0.668. The first-order chi connectivity index (χ1) is 6.73. The Hall–Kier alpha value is -1.28. The van der Waals surface area contributed by atoms with E-state index in [9.17, 15) is 26.8 Å². The summed E-state index contributed by atoms with van der Waals surface area (Å²) in [5.74, 6) is -1.26. The number of hydrogen-bond donors (Lipinski definition) is 0. The van der Waals surface area contributed by atoms with Crippen LogP contribution >= 0.6 is 11.6 Å². The van der Waals surface area contributed by atoms with Crippen LogP contribution in [-0.2, 0) is 10.2 Å². The molecule has 0 aliphatic rings. The monoisotopic (exact) mass is 257 g/mol. The molecule has 0 fully saturated rings. The average molecular weight is 258 g/mol. The lowest BCUT2D eigenvalue weighted by atomic mass is 10.3. The third-order valence-corrected chi connectivity index (χ3v) is 2.80.